The van der Waals surface area contributed by atoms with Gasteiger partial charge in [0, 0.05) is 37.0 Å². The van der Waals surface area contributed by atoms with Crippen LogP contribution >= 0.6 is 15.9 Å². The standard InChI is InChI=1S/C20H20BrN5O2/c1-20(2)13-7-5-6-8-14(13)24(3)15(20)9-12(27)10-26-11-22-18-16(19(26)28)17(21)23-25(18)4/h5-9,11H,10H2,1-4H3/b15-9-. The summed E-state index contributed by atoms with van der Waals surface area (Å²) in [5, 5.41) is 4.53. The Morgan fingerprint density at radius 1 is 1.25 bits per heavy atom. The second-order valence-electron chi connectivity index (χ2n) is 7.49. The van der Waals surface area contributed by atoms with Crippen LogP contribution in [0.5, 0.6) is 0 Å². The van der Waals surface area contributed by atoms with Gasteiger partial charge in [-0.05, 0) is 27.6 Å². The largest absolute Gasteiger partial charge is 0.347 e. The molecule has 0 unspecified atom stereocenters. The number of ketones is 1. The molecule has 7 nitrogen and oxygen atoms in total. The monoisotopic (exact) mass is 441 g/mol. The van der Waals surface area contributed by atoms with Crippen LogP contribution in [0.25, 0.3) is 11.0 Å². The highest BCUT2D eigenvalue weighted by atomic mass is 79.9. The summed E-state index contributed by atoms with van der Waals surface area (Å²) in [5.74, 6) is -0.161. The predicted octanol–water partition coefficient (Wildman–Crippen LogP) is 2.77. The number of halogens is 1. The average molecular weight is 442 g/mol. The number of rotatable bonds is 3. The van der Waals surface area contributed by atoms with Gasteiger partial charge in [-0.2, -0.15) is 5.10 Å². The molecular weight excluding hydrogens is 422 g/mol. The Morgan fingerprint density at radius 3 is 2.68 bits per heavy atom. The van der Waals surface area contributed by atoms with Gasteiger partial charge in [-0.25, -0.2) is 9.67 Å². The van der Waals surface area contributed by atoms with E-state index in [-0.39, 0.29) is 23.3 Å². The molecule has 1 aromatic carbocycles. The minimum atomic E-state index is -0.293. The maximum atomic E-state index is 12.8. The van der Waals surface area contributed by atoms with Gasteiger partial charge in [0.1, 0.15) is 16.3 Å². The second-order valence-corrected chi connectivity index (χ2v) is 8.24. The molecule has 1 aliphatic rings. The Balaban J connectivity index is 1.69. The number of nitrogens with zero attached hydrogens (tertiary/aromatic N) is 5. The Kier molecular flexibility index (Phi) is 4.26. The third-order valence-corrected chi connectivity index (χ3v) is 5.89. The minimum Gasteiger partial charge on any atom is -0.347 e. The van der Waals surface area contributed by atoms with E-state index in [9.17, 15) is 9.59 Å². The van der Waals surface area contributed by atoms with Gasteiger partial charge in [-0.3, -0.25) is 14.2 Å². The summed E-state index contributed by atoms with van der Waals surface area (Å²) < 4.78 is 3.28. The van der Waals surface area contributed by atoms with Crippen molar-refractivity contribution in [3.05, 3.63) is 62.9 Å². The van der Waals surface area contributed by atoms with Crippen molar-refractivity contribution in [1.82, 2.24) is 19.3 Å². The first-order valence-electron chi connectivity index (χ1n) is 8.87. The quantitative estimate of drug-likeness (QED) is 0.584. The summed E-state index contributed by atoms with van der Waals surface area (Å²) in [6.45, 7) is 4.12. The van der Waals surface area contributed by atoms with Gasteiger partial charge < -0.3 is 4.90 Å². The highest BCUT2D eigenvalue weighted by Crippen LogP contribution is 2.46. The van der Waals surface area contributed by atoms with Crippen molar-refractivity contribution in [2.24, 2.45) is 7.05 Å². The van der Waals surface area contributed by atoms with Crippen LogP contribution < -0.4 is 10.5 Å². The fourth-order valence-corrected chi connectivity index (χ4v) is 4.46. The maximum Gasteiger partial charge on any atom is 0.266 e. The highest BCUT2D eigenvalue weighted by Gasteiger charge is 2.38. The van der Waals surface area contributed by atoms with Gasteiger partial charge in [0.15, 0.2) is 11.4 Å². The molecule has 144 valence electrons. The molecule has 1 aliphatic heterocycles. The van der Waals surface area contributed by atoms with Crippen molar-refractivity contribution in [2.45, 2.75) is 25.8 Å². The molecule has 3 aromatic rings. The zero-order valence-corrected chi connectivity index (χ0v) is 17.7. The van der Waals surface area contributed by atoms with Crippen LogP contribution in [0.4, 0.5) is 5.69 Å². The lowest BCUT2D eigenvalue weighted by Crippen LogP contribution is -2.27. The zero-order chi connectivity index (χ0) is 20.2. The molecule has 0 atom stereocenters. The molecule has 0 spiro atoms. The van der Waals surface area contributed by atoms with Gasteiger partial charge in [-0.1, -0.05) is 32.0 Å². The first-order chi connectivity index (χ1) is 13.2. The molecule has 0 bridgehead atoms. The van der Waals surface area contributed by atoms with Gasteiger partial charge in [0.2, 0.25) is 0 Å². The SMILES string of the molecule is CN1/C(=C\C(=O)Cn2cnc3c(c(Br)nn3C)c2=O)C(C)(C)c2ccccc21. The second kappa shape index (κ2) is 6.41. The predicted molar refractivity (Wildman–Crippen MR) is 111 cm³/mol. The molecule has 3 heterocycles. The molecule has 0 N–H and O–H groups in total. The molecule has 0 radical (unpaired) electrons. The first-order valence-corrected chi connectivity index (χ1v) is 9.67. The first kappa shape index (κ1) is 18.6. The topological polar surface area (TPSA) is 73.0 Å². The van der Waals surface area contributed by atoms with Crippen LogP contribution in [0, 0.1) is 0 Å². The van der Waals surface area contributed by atoms with Crippen LogP contribution in [0.15, 0.2) is 51.8 Å². The summed E-state index contributed by atoms with van der Waals surface area (Å²) in [4.78, 5) is 31.9. The Labute approximate surface area is 170 Å². The van der Waals surface area contributed by atoms with Gasteiger partial charge in [0.25, 0.3) is 5.56 Å². The number of allylic oxidation sites excluding steroid dienone is 2. The Hall–Kier alpha value is -2.74. The van der Waals surface area contributed by atoms with E-state index in [4.69, 9.17) is 0 Å². The molecule has 0 saturated carbocycles. The van der Waals surface area contributed by atoms with Crippen molar-refractivity contribution >= 4 is 38.4 Å². The number of para-hydroxylation sites is 1. The van der Waals surface area contributed by atoms with E-state index in [1.807, 2.05) is 30.1 Å². The van der Waals surface area contributed by atoms with E-state index in [0.29, 0.717) is 15.6 Å². The average Bonchev–Trinajstić information content (AvgIpc) is 3.04. The van der Waals surface area contributed by atoms with Gasteiger partial charge in [0.05, 0.1) is 6.54 Å². The molecule has 0 saturated heterocycles. The van der Waals surface area contributed by atoms with Crippen molar-refractivity contribution in [1.29, 1.82) is 0 Å². The highest BCUT2D eigenvalue weighted by molar-refractivity contribution is 9.10. The van der Waals surface area contributed by atoms with Crippen LogP contribution in [0.1, 0.15) is 19.4 Å². The smallest absolute Gasteiger partial charge is 0.266 e. The van der Waals surface area contributed by atoms with E-state index >= 15 is 0 Å². The number of carbonyl (C=O) groups excluding carboxylic acids is 1. The summed E-state index contributed by atoms with van der Waals surface area (Å²) in [5.41, 5.74) is 3.07. The van der Waals surface area contributed by atoms with Crippen LogP contribution in [-0.2, 0) is 23.8 Å². The molecule has 0 aliphatic carbocycles. The maximum absolute atomic E-state index is 12.8. The molecule has 0 fully saturated rings. The summed E-state index contributed by atoms with van der Waals surface area (Å²) in [6.07, 6.45) is 3.03. The lowest BCUT2D eigenvalue weighted by molar-refractivity contribution is -0.115. The number of hydrogen-bond donors (Lipinski definition) is 0. The molecular formula is C20H20BrN5O2. The fourth-order valence-electron chi connectivity index (χ4n) is 3.87. The lowest BCUT2D eigenvalue weighted by Gasteiger charge is -2.24. The van der Waals surface area contributed by atoms with Crippen molar-refractivity contribution in [3.8, 4) is 0 Å². The van der Waals surface area contributed by atoms with E-state index in [1.54, 1.807) is 13.1 Å². The molecule has 8 heteroatoms. The lowest BCUT2D eigenvalue weighted by atomic mass is 9.83. The van der Waals surface area contributed by atoms with Crippen LogP contribution in [-0.4, -0.2) is 32.2 Å². The minimum absolute atomic E-state index is 0.0765. The summed E-state index contributed by atoms with van der Waals surface area (Å²) in [7, 11) is 3.67. The normalized spacial score (nSPS) is 16.8. The number of carbonyl (C=O) groups is 1. The number of aryl methyl sites for hydroxylation is 1. The fraction of sp³-hybridized carbons (Fsp3) is 0.300. The number of benzene rings is 1. The van der Waals surface area contributed by atoms with E-state index in [0.717, 1.165) is 11.4 Å². The van der Waals surface area contributed by atoms with E-state index in [1.165, 1.54) is 21.1 Å². The van der Waals surface area contributed by atoms with Crippen LogP contribution in [0.3, 0.4) is 0 Å². The number of likely N-dealkylation sites (N-methyl/N-ethyl adjacent to an activating group) is 1. The van der Waals surface area contributed by atoms with Crippen LogP contribution in [0.2, 0.25) is 0 Å². The third kappa shape index (κ3) is 2.71. The number of hydrogen-bond acceptors (Lipinski definition) is 5. The number of anilines is 1. The summed E-state index contributed by atoms with van der Waals surface area (Å²) in [6, 6.07) is 8.12. The van der Waals surface area contributed by atoms with Crippen molar-refractivity contribution < 1.29 is 4.79 Å². The molecule has 28 heavy (non-hydrogen) atoms. The Bertz CT molecular complexity index is 1210. The third-order valence-electron chi connectivity index (χ3n) is 5.33. The van der Waals surface area contributed by atoms with E-state index < -0.39 is 0 Å². The summed E-state index contributed by atoms with van der Waals surface area (Å²) >= 11 is 3.29. The molecule has 0 amide bonds. The zero-order valence-electron chi connectivity index (χ0n) is 16.1. The Morgan fingerprint density at radius 2 is 1.96 bits per heavy atom. The molecule has 4 rings (SSSR count). The molecule has 2 aromatic heterocycles. The van der Waals surface area contributed by atoms with Gasteiger partial charge >= 0.3 is 0 Å². The van der Waals surface area contributed by atoms with Crippen molar-refractivity contribution in [2.75, 3.05) is 11.9 Å². The number of aromatic nitrogens is 4. The number of fused-ring (bicyclic) bond motifs is 2. The van der Waals surface area contributed by atoms with E-state index in [2.05, 4.69) is 45.9 Å². The van der Waals surface area contributed by atoms with Gasteiger partial charge in [-0.15, -0.1) is 0 Å². The van der Waals surface area contributed by atoms with Crippen molar-refractivity contribution in [3.63, 3.8) is 0 Å².